The van der Waals surface area contributed by atoms with Gasteiger partial charge in [-0.15, -0.1) is 6.58 Å². The van der Waals surface area contributed by atoms with Crippen molar-refractivity contribution in [3.63, 3.8) is 0 Å². The van der Waals surface area contributed by atoms with E-state index in [1.807, 2.05) is 37.3 Å². The summed E-state index contributed by atoms with van der Waals surface area (Å²) < 4.78 is 10.8. The molecule has 1 heterocycles. The van der Waals surface area contributed by atoms with Crippen LogP contribution in [0.5, 0.6) is 5.75 Å². The Morgan fingerprint density at radius 3 is 2.42 bits per heavy atom. The summed E-state index contributed by atoms with van der Waals surface area (Å²) in [6, 6.07) is 11.0. The second-order valence-corrected chi connectivity index (χ2v) is 8.33. The molecule has 1 amide bonds. The van der Waals surface area contributed by atoms with E-state index in [4.69, 9.17) is 9.15 Å². The molecular weight excluding hydrogens is 394 g/mol. The van der Waals surface area contributed by atoms with Crippen LogP contribution < -0.4 is 4.74 Å². The predicted molar refractivity (Wildman–Crippen MR) is 118 cm³/mol. The number of rotatable bonds is 9. The first-order valence-electron chi connectivity index (χ1n) is 10.7. The Morgan fingerprint density at radius 1 is 1.19 bits per heavy atom. The number of nitrogens with zero attached hydrogens (tertiary/aromatic N) is 1. The van der Waals surface area contributed by atoms with Crippen LogP contribution >= 0.6 is 0 Å². The lowest BCUT2D eigenvalue weighted by Gasteiger charge is -2.37. The van der Waals surface area contributed by atoms with E-state index in [-0.39, 0.29) is 18.5 Å². The minimum absolute atomic E-state index is 0.134. The van der Waals surface area contributed by atoms with Crippen LogP contribution in [0.2, 0.25) is 0 Å². The number of carbonyl (C=O) groups excluding carboxylic acids is 1. The highest BCUT2D eigenvalue weighted by atomic mass is 16.5. The van der Waals surface area contributed by atoms with Gasteiger partial charge in [0.15, 0.2) is 0 Å². The molecule has 0 radical (unpaired) electrons. The van der Waals surface area contributed by atoms with E-state index in [0.29, 0.717) is 25.0 Å². The Kier molecular flexibility index (Phi) is 7.55. The molecule has 6 heteroatoms. The summed E-state index contributed by atoms with van der Waals surface area (Å²) >= 11 is 0. The van der Waals surface area contributed by atoms with Crippen molar-refractivity contribution in [1.29, 1.82) is 0 Å². The van der Waals surface area contributed by atoms with Gasteiger partial charge >= 0.3 is 5.97 Å². The van der Waals surface area contributed by atoms with Crippen molar-refractivity contribution in [2.75, 3.05) is 7.11 Å². The van der Waals surface area contributed by atoms with E-state index < -0.39 is 17.8 Å². The SMILES string of the molecule is C=C(C)CC(c1ccc(OC)cc1)N(Cc1ccco1)C(=O)C1CCCCC1C(=O)O. The highest BCUT2D eigenvalue weighted by Gasteiger charge is 2.40. The normalized spacial score (nSPS) is 19.4. The molecule has 31 heavy (non-hydrogen) atoms. The molecule has 1 aliphatic carbocycles. The van der Waals surface area contributed by atoms with E-state index >= 15 is 0 Å². The van der Waals surface area contributed by atoms with Gasteiger partial charge in [-0.25, -0.2) is 0 Å². The maximum Gasteiger partial charge on any atom is 0.307 e. The molecule has 0 bridgehead atoms. The lowest BCUT2D eigenvalue weighted by Crippen LogP contribution is -2.44. The number of hydrogen-bond acceptors (Lipinski definition) is 4. The second-order valence-electron chi connectivity index (χ2n) is 8.33. The number of ether oxygens (including phenoxy) is 1. The predicted octanol–water partition coefficient (Wildman–Crippen LogP) is 5.22. The maximum atomic E-state index is 13.8. The standard InChI is InChI=1S/C25H31NO5/c1-17(2)15-23(18-10-12-19(30-3)13-11-18)26(16-20-7-6-14-31-20)24(27)21-8-4-5-9-22(21)25(28)29/h6-7,10-14,21-23H,1,4-5,8-9,15-16H2,2-3H3,(H,28,29). The van der Waals surface area contributed by atoms with Crippen molar-refractivity contribution >= 4 is 11.9 Å². The van der Waals surface area contributed by atoms with Gasteiger partial charge in [-0.05, 0) is 56.0 Å². The van der Waals surface area contributed by atoms with Crippen molar-refractivity contribution in [2.45, 2.75) is 51.6 Å². The van der Waals surface area contributed by atoms with Gasteiger partial charge in [0.25, 0.3) is 0 Å². The number of benzene rings is 1. The van der Waals surface area contributed by atoms with Crippen molar-refractivity contribution in [3.8, 4) is 5.75 Å². The fourth-order valence-electron chi connectivity index (χ4n) is 4.41. The van der Waals surface area contributed by atoms with Gasteiger partial charge in [0.1, 0.15) is 11.5 Å². The largest absolute Gasteiger partial charge is 0.497 e. The number of carboxylic acids is 1. The molecule has 0 saturated heterocycles. The van der Waals surface area contributed by atoms with Crippen LogP contribution in [-0.4, -0.2) is 29.0 Å². The van der Waals surface area contributed by atoms with E-state index in [9.17, 15) is 14.7 Å². The Hall–Kier alpha value is -3.02. The zero-order valence-electron chi connectivity index (χ0n) is 18.3. The Bertz CT molecular complexity index is 887. The molecule has 2 aromatic rings. The summed E-state index contributed by atoms with van der Waals surface area (Å²) in [5, 5.41) is 9.74. The molecular formula is C25H31NO5. The van der Waals surface area contributed by atoms with E-state index in [1.165, 1.54) is 0 Å². The molecule has 3 atom stereocenters. The van der Waals surface area contributed by atoms with Gasteiger partial charge in [-0.2, -0.15) is 0 Å². The molecule has 6 nitrogen and oxygen atoms in total. The Labute approximate surface area is 183 Å². The number of methoxy groups -OCH3 is 1. The molecule has 1 aromatic heterocycles. The third-order valence-electron chi connectivity index (χ3n) is 6.01. The quantitative estimate of drug-likeness (QED) is 0.558. The first-order chi connectivity index (χ1) is 14.9. The van der Waals surface area contributed by atoms with Crippen LogP contribution in [0.3, 0.4) is 0 Å². The molecule has 1 saturated carbocycles. The second kappa shape index (κ2) is 10.3. The molecule has 0 spiro atoms. The third kappa shape index (κ3) is 5.57. The molecule has 1 N–H and O–H groups in total. The highest BCUT2D eigenvalue weighted by Crippen LogP contribution is 2.37. The minimum atomic E-state index is -0.892. The van der Waals surface area contributed by atoms with Gasteiger partial charge in [0, 0.05) is 0 Å². The van der Waals surface area contributed by atoms with Gasteiger partial charge in [-0.1, -0.05) is 30.5 Å². The third-order valence-corrected chi connectivity index (χ3v) is 6.01. The summed E-state index contributed by atoms with van der Waals surface area (Å²) in [5.41, 5.74) is 1.89. The fourth-order valence-corrected chi connectivity index (χ4v) is 4.41. The van der Waals surface area contributed by atoms with Crippen LogP contribution in [0.4, 0.5) is 0 Å². The number of carbonyl (C=O) groups is 2. The van der Waals surface area contributed by atoms with Gasteiger partial charge in [0.05, 0.1) is 37.8 Å². The van der Waals surface area contributed by atoms with Crippen LogP contribution in [0.15, 0.2) is 59.2 Å². The summed E-state index contributed by atoms with van der Waals surface area (Å²) in [6.07, 6.45) is 4.99. The van der Waals surface area contributed by atoms with Crippen LogP contribution in [0, 0.1) is 11.8 Å². The topological polar surface area (TPSA) is 80.0 Å². The first-order valence-corrected chi connectivity index (χ1v) is 10.7. The van der Waals surface area contributed by atoms with Gasteiger partial charge in [0.2, 0.25) is 5.91 Å². The average Bonchev–Trinajstić information content (AvgIpc) is 3.29. The number of amides is 1. The van der Waals surface area contributed by atoms with Gasteiger partial charge < -0.3 is 19.2 Å². The van der Waals surface area contributed by atoms with Crippen LogP contribution in [0.1, 0.15) is 56.4 Å². The molecule has 3 rings (SSSR count). The van der Waals surface area contributed by atoms with Crippen molar-refractivity contribution < 1.29 is 23.8 Å². The minimum Gasteiger partial charge on any atom is -0.497 e. The zero-order chi connectivity index (χ0) is 22.4. The maximum absolute atomic E-state index is 13.8. The number of hydrogen-bond donors (Lipinski definition) is 1. The first kappa shape index (κ1) is 22.7. The van der Waals surface area contributed by atoms with Crippen molar-refractivity contribution in [3.05, 3.63) is 66.1 Å². The summed E-state index contributed by atoms with van der Waals surface area (Å²) in [5.74, 6) is -0.813. The monoisotopic (exact) mass is 425 g/mol. The summed E-state index contributed by atoms with van der Waals surface area (Å²) in [6.45, 7) is 6.28. The highest BCUT2D eigenvalue weighted by molar-refractivity contribution is 5.85. The molecule has 1 aromatic carbocycles. The Morgan fingerprint density at radius 2 is 1.87 bits per heavy atom. The molecule has 1 fully saturated rings. The molecule has 1 aliphatic rings. The Balaban J connectivity index is 2.00. The molecule has 0 aliphatic heterocycles. The van der Waals surface area contributed by atoms with Crippen LogP contribution in [0.25, 0.3) is 0 Å². The average molecular weight is 426 g/mol. The lowest BCUT2D eigenvalue weighted by atomic mass is 9.78. The lowest BCUT2D eigenvalue weighted by molar-refractivity contribution is -0.154. The number of furan rings is 1. The molecule has 166 valence electrons. The summed E-state index contributed by atoms with van der Waals surface area (Å²) in [7, 11) is 1.61. The van der Waals surface area contributed by atoms with E-state index in [1.54, 1.807) is 24.3 Å². The fraction of sp³-hybridized carbons (Fsp3) is 0.440. The van der Waals surface area contributed by atoms with E-state index in [0.717, 1.165) is 29.7 Å². The zero-order valence-corrected chi connectivity index (χ0v) is 18.3. The number of carboxylic acid groups (broad SMARTS) is 1. The summed E-state index contributed by atoms with van der Waals surface area (Å²) in [4.78, 5) is 27.5. The smallest absolute Gasteiger partial charge is 0.307 e. The van der Waals surface area contributed by atoms with Crippen molar-refractivity contribution in [1.82, 2.24) is 4.90 Å². The van der Waals surface area contributed by atoms with Crippen LogP contribution in [-0.2, 0) is 16.1 Å². The van der Waals surface area contributed by atoms with Gasteiger partial charge in [-0.3, -0.25) is 9.59 Å². The molecule has 3 unspecified atom stereocenters. The van der Waals surface area contributed by atoms with Crippen molar-refractivity contribution in [2.24, 2.45) is 11.8 Å². The van der Waals surface area contributed by atoms with E-state index in [2.05, 4.69) is 6.58 Å². The number of aliphatic carboxylic acids is 1.